The molecule has 0 aliphatic heterocycles. The SMILES string of the molecule is N=C(C(=O)c1ccc(Br)cc1)c1ccnc(F)c1. The molecule has 5 heteroatoms. The third-order valence-electron chi connectivity index (χ3n) is 2.35. The Morgan fingerprint density at radius 1 is 1.17 bits per heavy atom. The first-order chi connectivity index (χ1) is 8.58. The minimum Gasteiger partial charge on any atom is -0.296 e. The molecule has 0 radical (unpaired) electrons. The molecule has 1 aromatic heterocycles. The van der Waals surface area contributed by atoms with Gasteiger partial charge in [-0.05, 0) is 30.3 Å². The van der Waals surface area contributed by atoms with E-state index in [2.05, 4.69) is 20.9 Å². The first-order valence-electron chi connectivity index (χ1n) is 5.08. The first-order valence-corrected chi connectivity index (χ1v) is 5.88. The zero-order valence-corrected chi connectivity index (χ0v) is 10.7. The van der Waals surface area contributed by atoms with Crippen LogP contribution in [0, 0.1) is 11.4 Å². The molecule has 0 saturated carbocycles. The van der Waals surface area contributed by atoms with Crippen LogP contribution in [-0.4, -0.2) is 16.5 Å². The number of hydrogen-bond acceptors (Lipinski definition) is 3. The van der Waals surface area contributed by atoms with Gasteiger partial charge in [-0.1, -0.05) is 15.9 Å². The minimum absolute atomic E-state index is 0.218. The van der Waals surface area contributed by atoms with Crippen LogP contribution in [0.2, 0.25) is 0 Å². The van der Waals surface area contributed by atoms with Gasteiger partial charge in [0.25, 0.3) is 0 Å². The first kappa shape index (κ1) is 12.6. The van der Waals surface area contributed by atoms with Crippen molar-refractivity contribution in [3.05, 3.63) is 64.1 Å². The highest BCUT2D eigenvalue weighted by molar-refractivity contribution is 9.10. The van der Waals surface area contributed by atoms with Crippen LogP contribution >= 0.6 is 15.9 Å². The van der Waals surface area contributed by atoms with E-state index in [1.165, 1.54) is 12.3 Å². The van der Waals surface area contributed by atoms with Gasteiger partial charge in [0.2, 0.25) is 11.7 Å². The number of hydrogen-bond donors (Lipinski definition) is 1. The maximum atomic E-state index is 12.9. The van der Waals surface area contributed by atoms with Crippen molar-refractivity contribution in [2.45, 2.75) is 0 Å². The number of carbonyl (C=O) groups is 1. The number of carbonyl (C=O) groups excluding carboxylic acids is 1. The maximum absolute atomic E-state index is 12.9. The molecule has 3 nitrogen and oxygen atoms in total. The number of benzene rings is 1. The molecule has 0 aliphatic rings. The molecule has 1 N–H and O–H groups in total. The van der Waals surface area contributed by atoms with E-state index in [0.29, 0.717) is 5.56 Å². The number of ketones is 1. The lowest BCUT2D eigenvalue weighted by molar-refractivity contribution is 0.106. The molecular weight excluding hydrogens is 299 g/mol. The van der Waals surface area contributed by atoms with Gasteiger partial charge in [0.1, 0.15) is 5.71 Å². The molecule has 0 aliphatic carbocycles. The summed E-state index contributed by atoms with van der Waals surface area (Å²) in [5.41, 5.74) is 0.356. The summed E-state index contributed by atoms with van der Waals surface area (Å²) in [6.45, 7) is 0. The normalized spacial score (nSPS) is 10.1. The Hall–Kier alpha value is -1.88. The summed E-state index contributed by atoms with van der Waals surface area (Å²) in [6, 6.07) is 9.15. The van der Waals surface area contributed by atoms with Crippen molar-refractivity contribution in [2.75, 3.05) is 0 Å². The molecule has 0 spiro atoms. The Kier molecular flexibility index (Phi) is 3.62. The molecule has 90 valence electrons. The summed E-state index contributed by atoms with van der Waals surface area (Å²) < 4.78 is 13.8. The topological polar surface area (TPSA) is 53.8 Å². The van der Waals surface area contributed by atoms with Gasteiger partial charge in [0.05, 0.1) is 0 Å². The number of pyridine rings is 1. The fourth-order valence-electron chi connectivity index (χ4n) is 1.43. The van der Waals surface area contributed by atoms with Crippen molar-refractivity contribution in [1.29, 1.82) is 5.41 Å². The smallest absolute Gasteiger partial charge is 0.213 e. The van der Waals surface area contributed by atoms with Crippen molar-refractivity contribution in [2.24, 2.45) is 0 Å². The van der Waals surface area contributed by atoms with E-state index in [-0.39, 0.29) is 11.3 Å². The van der Waals surface area contributed by atoms with E-state index in [0.717, 1.165) is 10.5 Å². The van der Waals surface area contributed by atoms with Crippen molar-refractivity contribution in [3.63, 3.8) is 0 Å². The van der Waals surface area contributed by atoms with E-state index >= 15 is 0 Å². The maximum Gasteiger partial charge on any atom is 0.213 e. The zero-order valence-electron chi connectivity index (χ0n) is 9.15. The standard InChI is InChI=1S/C13H8BrFN2O/c14-10-3-1-8(2-4-10)13(18)12(16)9-5-6-17-11(15)7-9/h1-7,16H. The lowest BCUT2D eigenvalue weighted by Gasteiger charge is -2.03. The predicted molar refractivity (Wildman–Crippen MR) is 69.5 cm³/mol. The molecule has 0 unspecified atom stereocenters. The van der Waals surface area contributed by atoms with Crippen LogP contribution in [0.25, 0.3) is 0 Å². The van der Waals surface area contributed by atoms with Crippen LogP contribution in [0.5, 0.6) is 0 Å². The molecule has 0 amide bonds. The number of rotatable bonds is 3. The second-order valence-corrected chi connectivity index (χ2v) is 4.49. The molecule has 0 fully saturated rings. The highest BCUT2D eigenvalue weighted by atomic mass is 79.9. The van der Waals surface area contributed by atoms with E-state index < -0.39 is 11.7 Å². The predicted octanol–water partition coefficient (Wildman–Crippen LogP) is 3.23. The molecule has 1 heterocycles. The lowest BCUT2D eigenvalue weighted by atomic mass is 10.0. The van der Waals surface area contributed by atoms with Crippen molar-refractivity contribution >= 4 is 27.4 Å². The number of halogens is 2. The monoisotopic (exact) mass is 306 g/mol. The Morgan fingerprint density at radius 2 is 1.83 bits per heavy atom. The Bertz CT molecular complexity index is 611. The van der Waals surface area contributed by atoms with E-state index in [1.807, 2.05) is 0 Å². The second-order valence-electron chi connectivity index (χ2n) is 3.58. The summed E-state index contributed by atoms with van der Waals surface area (Å²) >= 11 is 3.26. The average molecular weight is 307 g/mol. The zero-order chi connectivity index (χ0) is 13.1. The summed E-state index contributed by atoms with van der Waals surface area (Å²) in [4.78, 5) is 15.4. The largest absolute Gasteiger partial charge is 0.296 e. The average Bonchev–Trinajstić information content (AvgIpc) is 2.38. The number of Topliss-reactive ketones (excluding diaryl/α,β-unsaturated/α-hetero) is 1. The highest BCUT2D eigenvalue weighted by Gasteiger charge is 2.14. The van der Waals surface area contributed by atoms with Crippen molar-refractivity contribution in [3.8, 4) is 0 Å². The third-order valence-corrected chi connectivity index (χ3v) is 2.88. The van der Waals surface area contributed by atoms with E-state index in [4.69, 9.17) is 5.41 Å². The summed E-state index contributed by atoms with van der Waals surface area (Å²) in [6.07, 6.45) is 1.23. The molecule has 1 aromatic carbocycles. The van der Waals surface area contributed by atoms with Crippen LogP contribution in [0.4, 0.5) is 4.39 Å². The van der Waals surface area contributed by atoms with Gasteiger partial charge in [0, 0.05) is 27.9 Å². The van der Waals surface area contributed by atoms with Crippen LogP contribution < -0.4 is 0 Å². The van der Waals surface area contributed by atoms with Crippen molar-refractivity contribution < 1.29 is 9.18 Å². The van der Waals surface area contributed by atoms with Gasteiger partial charge in [0.15, 0.2) is 0 Å². The molecule has 0 saturated heterocycles. The van der Waals surface area contributed by atoms with Gasteiger partial charge in [-0.25, -0.2) is 4.98 Å². The second kappa shape index (κ2) is 5.18. The fraction of sp³-hybridized carbons (Fsp3) is 0. The molecular formula is C13H8BrFN2O. The molecule has 2 aromatic rings. The molecule has 2 rings (SSSR count). The van der Waals surface area contributed by atoms with Gasteiger partial charge < -0.3 is 0 Å². The van der Waals surface area contributed by atoms with Crippen LogP contribution in [0.15, 0.2) is 47.1 Å². The number of nitrogens with one attached hydrogen (secondary N) is 1. The molecule has 18 heavy (non-hydrogen) atoms. The summed E-state index contributed by atoms with van der Waals surface area (Å²) in [5, 5.41) is 7.77. The number of aromatic nitrogens is 1. The Morgan fingerprint density at radius 3 is 2.44 bits per heavy atom. The Balaban J connectivity index is 2.29. The van der Waals surface area contributed by atoms with Gasteiger partial charge in [-0.15, -0.1) is 0 Å². The van der Waals surface area contributed by atoms with Crippen LogP contribution in [-0.2, 0) is 0 Å². The molecule has 0 bridgehead atoms. The fourth-order valence-corrected chi connectivity index (χ4v) is 1.70. The van der Waals surface area contributed by atoms with E-state index in [1.54, 1.807) is 24.3 Å². The van der Waals surface area contributed by atoms with E-state index in [9.17, 15) is 9.18 Å². The quantitative estimate of drug-likeness (QED) is 0.538. The third kappa shape index (κ3) is 2.68. The van der Waals surface area contributed by atoms with Crippen LogP contribution in [0.1, 0.15) is 15.9 Å². The highest BCUT2D eigenvalue weighted by Crippen LogP contribution is 2.13. The van der Waals surface area contributed by atoms with Gasteiger partial charge >= 0.3 is 0 Å². The number of nitrogens with zero attached hydrogens (tertiary/aromatic N) is 1. The Labute approximate surface area is 111 Å². The van der Waals surface area contributed by atoms with Crippen LogP contribution in [0.3, 0.4) is 0 Å². The summed E-state index contributed by atoms with van der Waals surface area (Å²) in [5.74, 6) is -1.16. The van der Waals surface area contributed by atoms with Crippen molar-refractivity contribution in [1.82, 2.24) is 4.98 Å². The summed E-state index contributed by atoms with van der Waals surface area (Å²) in [7, 11) is 0. The minimum atomic E-state index is -0.708. The van der Waals surface area contributed by atoms with Gasteiger partial charge in [-0.2, -0.15) is 4.39 Å². The molecule has 0 atom stereocenters. The van der Waals surface area contributed by atoms with Gasteiger partial charge in [-0.3, -0.25) is 10.2 Å². The lowest BCUT2D eigenvalue weighted by Crippen LogP contribution is -2.14.